The van der Waals surface area contributed by atoms with Crippen molar-refractivity contribution in [2.24, 2.45) is 0 Å². The summed E-state index contributed by atoms with van der Waals surface area (Å²) in [5, 5.41) is 0.811. The fraction of sp³-hybridized carbons (Fsp3) is 0.158. The lowest BCUT2D eigenvalue weighted by Crippen LogP contribution is -2.15. The average molecular weight is 392 g/mol. The number of carbonyl (C=O) groups is 1. The second-order valence-electron chi connectivity index (χ2n) is 5.41. The Bertz CT molecular complexity index is 909. The number of nitrogens with zero attached hydrogens (tertiary/aromatic N) is 1. The van der Waals surface area contributed by atoms with Gasteiger partial charge in [-0.2, -0.15) is 0 Å². The smallest absolute Gasteiger partial charge is 0.344 e. The molecule has 3 rings (SSSR count). The highest BCUT2D eigenvalue weighted by Gasteiger charge is 2.14. The molecule has 26 heavy (non-hydrogen) atoms. The summed E-state index contributed by atoms with van der Waals surface area (Å²) in [4.78, 5) is 16.3. The van der Waals surface area contributed by atoms with Crippen molar-refractivity contribution in [1.29, 1.82) is 0 Å². The molecule has 0 atom stereocenters. The van der Waals surface area contributed by atoms with E-state index in [4.69, 9.17) is 37.1 Å². The maximum absolute atomic E-state index is 11.9. The summed E-state index contributed by atoms with van der Waals surface area (Å²) in [6, 6.07) is 14.2. The Hall–Kier alpha value is -2.50. The van der Waals surface area contributed by atoms with E-state index in [0.29, 0.717) is 33.1 Å². The SMILES string of the molecule is Cc1oc(-c2ccccc2)nc1COC(=O)COc1ccc(Cl)cc1Cl. The van der Waals surface area contributed by atoms with Crippen LogP contribution in [-0.2, 0) is 16.1 Å². The second kappa shape index (κ2) is 8.25. The first kappa shape index (κ1) is 18.3. The lowest BCUT2D eigenvalue weighted by atomic mass is 10.2. The summed E-state index contributed by atoms with van der Waals surface area (Å²) < 4.78 is 16.2. The van der Waals surface area contributed by atoms with Gasteiger partial charge in [-0.05, 0) is 37.3 Å². The molecule has 0 saturated carbocycles. The molecule has 0 aliphatic rings. The summed E-state index contributed by atoms with van der Waals surface area (Å²) in [6.45, 7) is 1.50. The van der Waals surface area contributed by atoms with E-state index in [-0.39, 0.29) is 13.2 Å². The molecule has 0 spiro atoms. The van der Waals surface area contributed by atoms with E-state index in [1.807, 2.05) is 30.3 Å². The number of esters is 1. The predicted molar refractivity (Wildman–Crippen MR) is 98.4 cm³/mol. The first-order chi connectivity index (χ1) is 12.5. The maximum Gasteiger partial charge on any atom is 0.344 e. The van der Waals surface area contributed by atoms with Gasteiger partial charge in [-0.3, -0.25) is 0 Å². The predicted octanol–water partition coefficient (Wildman–Crippen LogP) is 5.08. The van der Waals surface area contributed by atoms with Crippen LogP contribution in [0.4, 0.5) is 0 Å². The lowest BCUT2D eigenvalue weighted by molar-refractivity contribution is -0.147. The first-order valence-electron chi connectivity index (χ1n) is 7.78. The summed E-state index contributed by atoms with van der Waals surface area (Å²) >= 11 is 11.8. The van der Waals surface area contributed by atoms with Gasteiger partial charge < -0.3 is 13.9 Å². The molecule has 0 bridgehead atoms. The van der Waals surface area contributed by atoms with Gasteiger partial charge in [0.05, 0.1) is 5.02 Å². The van der Waals surface area contributed by atoms with E-state index in [1.165, 1.54) is 6.07 Å². The van der Waals surface area contributed by atoms with Crippen LogP contribution in [0.1, 0.15) is 11.5 Å². The third kappa shape index (κ3) is 4.56. The van der Waals surface area contributed by atoms with Gasteiger partial charge in [-0.15, -0.1) is 0 Å². The third-order valence-electron chi connectivity index (χ3n) is 3.52. The molecule has 7 heteroatoms. The van der Waals surface area contributed by atoms with Crippen molar-refractivity contribution in [2.45, 2.75) is 13.5 Å². The molecule has 0 fully saturated rings. The number of carbonyl (C=O) groups excluding carboxylic acids is 1. The van der Waals surface area contributed by atoms with Crippen LogP contribution in [0.25, 0.3) is 11.5 Å². The Morgan fingerprint density at radius 1 is 1.15 bits per heavy atom. The van der Waals surface area contributed by atoms with E-state index < -0.39 is 5.97 Å². The maximum atomic E-state index is 11.9. The molecular formula is C19H15Cl2NO4. The quantitative estimate of drug-likeness (QED) is 0.548. The molecule has 5 nitrogen and oxygen atoms in total. The Labute approximate surface area is 160 Å². The molecule has 0 aliphatic carbocycles. The number of rotatable bonds is 6. The van der Waals surface area contributed by atoms with Gasteiger partial charge in [-0.25, -0.2) is 9.78 Å². The minimum absolute atomic E-state index is 0.00128. The van der Waals surface area contributed by atoms with Crippen molar-refractivity contribution in [2.75, 3.05) is 6.61 Å². The van der Waals surface area contributed by atoms with Crippen molar-refractivity contribution in [1.82, 2.24) is 4.98 Å². The van der Waals surface area contributed by atoms with Crippen LogP contribution in [0.3, 0.4) is 0 Å². The Morgan fingerprint density at radius 2 is 1.92 bits per heavy atom. The first-order valence-corrected chi connectivity index (χ1v) is 8.53. The monoisotopic (exact) mass is 391 g/mol. The van der Waals surface area contributed by atoms with Gasteiger partial charge in [0.2, 0.25) is 5.89 Å². The molecule has 0 radical (unpaired) electrons. The molecule has 134 valence electrons. The zero-order chi connectivity index (χ0) is 18.5. The van der Waals surface area contributed by atoms with Gasteiger partial charge in [-0.1, -0.05) is 41.4 Å². The highest BCUT2D eigenvalue weighted by atomic mass is 35.5. The van der Waals surface area contributed by atoms with Crippen LogP contribution in [0.15, 0.2) is 52.9 Å². The third-order valence-corrected chi connectivity index (χ3v) is 4.05. The highest BCUT2D eigenvalue weighted by Crippen LogP contribution is 2.27. The number of ether oxygens (including phenoxy) is 2. The van der Waals surface area contributed by atoms with E-state index in [9.17, 15) is 4.79 Å². The standard InChI is InChI=1S/C19H15Cl2NO4/c1-12-16(22-19(26-12)13-5-3-2-4-6-13)10-25-18(23)11-24-17-8-7-14(20)9-15(17)21/h2-9H,10-11H2,1H3. The lowest BCUT2D eigenvalue weighted by Gasteiger charge is -2.08. The molecule has 0 amide bonds. The Morgan fingerprint density at radius 3 is 2.65 bits per heavy atom. The van der Waals surface area contributed by atoms with E-state index >= 15 is 0 Å². The fourth-order valence-corrected chi connectivity index (χ4v) is 2.65. The summed E-state index contributed by atoms with van der Waals surface area (Å²) in [7, 11) is 0. The minimum Gasteiger partial charge on any atom is -0.480 e. The van der Waals surface area contributed by atoms with Gasteiger partial charge in [0.15, 0.2) is 6.61 Å². The Balaban J connectivity index is 1.55. The van der Waals surface area contributed by atoms with Crippen LogP contribution >= 0.6 is 23.2 Å². The number of oxazole rings is 1. The van der Waals surface area contributed by atoms with Crippen LogP contribution in [-0.4, -0.2) is 17.6 Å². The van der Waals surface area contributed by atoms with Crippen molar-refractivity contribution >= 4 is 29.2 Å². The summed E-state index contributed by atoms with van der Waals surface area (Å²) in [5.74, 6) is 0.897. The zero-order valence-electron chi connectivity index (χ0n) is 13.9. The van der Waals surface area contributed by atoms with Crippen LogP contribution in [0.2, 0.25) is 10.0 Å². The molecule has 0 saturated heterocycles. The molecule has 0 unspecified atom stereocenters. The Kier molecular flexibility index (Phi) is 5.81. The normalized spacial score (nSPS) is 10.6. The second-order valence-corrected chi connectivity index (χ2v) is 6.26. The van der Waals surface area contributed by atoms with Gasteiger partial charge in [0.1, 0.15) is 23.8 Å². The van der Waals surface area contributed by atoms with Crippen LogP contribution in [0, 0.1) is 6.92 Å². The van der Waals surface area contributed by atoms with Crippen molar-refractivity contribution in [3.63, 3.8) is 0 Å². The van der Waals surface area contributed by atoms with E-state index in [0.717, 1.165) is 5.56 Å². The largest absolute Gasteiger partial charge is 0.480 e. The van der Waals surface area contributed by atoms with Crippen LogP contribution < -0.4 is 4.74 Å². The molecule has 2 aromatic carbocycles. The molecular weight excluding hydrogens is 377 g/mol. The van der Waals surface area contributed by atoms with Gasteiger partial charge in [0.25, 0.3) is 0 Å². The number of aryl methyl sites for hydroxylation is 1. The van der Waals surface area contributed by atoms with Crippen molar-refractivity contribution < 1.29 is 18.7 Å². The van der Waals surface area contributed by atoms with Crippen molar-refractivity contribution in [3.05, 3.63) is 70.0 Å². The minimum atomic E-state index is -0.542. The highest BCUT2D eigenvalue weighted by molar-refractivity contribution is 6.35. The number of hydrogen-bond donors (Lipinski definition) is 0. The van der Waals surface area contributed by atoms with E-state index in [2.05, 4.69) is 4.98 Å². The van der Waals surface area contributed by atoms with Crippen molar-refractivity contribution in [3.8, 4) is 17.2 Å². The van der Waals surface area contributed by atoms with E-state index in [1.54, 1.807) is 19.1 Å². The molecule has 0 aliphatic heterocycles. The van der Waals surface area contributed by atoms with Gasteiger partial charge >= 0.3 is 5.97 Å². The number of halogens is 2. The number of benzene rings is 2. The van der Waals surface area contributed by atoms with Crippen LogP contribution in [0.5, 0.6) is 5.75 Å². The molecule has 0 N–H and O–H groups in total. The summed E-state index contributed by atoms with van der Waals surface area (Å²) in [6.07, 6.45) is 0. The molecule has 1 heterocycles. The number of aromatic nitrogens is 1. The topological polar surface area (TPSA) is 61.6 Å². The fourth-order valence-electron chi connectivity index (χ4n) is 2.19. The summed E-state index contributed by atoms with van der Waals surface area (Å²) in [5.41, 5.74) is 1.41. The number of hydrogen-bond acceptors (Lipinski definition) is 5. The molecule has 3 aromatic rings. The van der Waals surface area contributed by atoms with Gasteiger partial charge in [0, 0.05) is 10.6 Å². The molecule has 1 aromatic heterocycles. The average Bonchev–Trinajstić information content (AvgIpc) is 3.01. The zero-order valence-corrected chi connectivity index (χ0v) is 15.4.